The van der Waals surface area contributed by atoms with E-state index < -0.39 is 16.8 Å². The summed E-state index contributed by atoms with van der Waals surface area (Å²) >= 11 is 5.85. The van der Waals surface area contributed by atoms with E-state index in [2.05, 4.69) is 10.5 Å². The van der Waals surface area contributed by atoms with Crippen molar-refractivity contribution in [3.63, 3.8) is 0 Å². The van der Waals surface area contributed by atoms with Gasteiger partial charge in [-0.3, -0.25) is 14.4 Å². The second-order valence-corrected chi connectivity index (χ2v) is 5.83. The number of amides is 1. The maximum absolute atomic E-state index is 12.1. The molecule has 25 heavy (non-hydrogen) atoms. The van der Waals surface area contributed by atoms with Crippen LogP contribution in [0.25, 0.3) is 10.8 Å². The molecular weight excluding hydrogens is 344 g/mol. The molecule has 3 rings (SSSR count). The van der Waals surface area contributed by atoms with Crippen molar-refractivity contribution in [2.45, 2.75) is 6.92 Å². The predicted molar refractivity (Wildman–Crippen MR) is 94.2 cm³/mol. The Morgan fingerprint density at radius 3 is 2.36 bits per heavy atom. The van der Waals surface area contributed by atoms with Crippen LogP contribution >= 0.6 is 11.6 Å². The number of fused-ring (bicyclic) bond motifs is 1. The molecule has 0 atom stereocenters. The summed E-state index contributed by atoms with van der Waals surface area (Å²) < 4.78 is 5.37. The molecule has 0 saturated heterocycles. The van der Waals surface area contributed by atoms with Gasteiger partial charge in [-0.2, -0.15) is 5.10 Å². The zero-order valence-electron chi connectivity index (χ0n) is 13.2. The highest BCUT2D eigenvalue weighted by atomic mass is 35.5. The first-order chi connectivity index (χ1) is 12.0. The van der Waals surface area contributed by atoms with Crippen LogP contribution < -0.4 is 26.4 Å². The summed E-state index contributed by atoms with van der Waals surface area (Å²) in [6.45, 7) is 1.49. The smallest absolute Gasteiger partial charge is 0.277 e. The first-order valence-corrected chi connectivity index (χ1v) is 7.79. The number of carbonyl (C=O) groups excluding carboxylic acids is 1. The quantitative estimate of drug-likeness (QED) is 0.716. The number of benzene rings is 2. The lowest BCUT2D eigenvalue weighted by Gasteiger charge is -2.07. The van der Waals surface area contributed by atoms with E-state index in [1.807, 2.05) is 0 Å². The fourth-order valence-electron chi connectivity index (χ4n) is 2.41. The lowest BCUT2D eigenvalue weighted by Crippen LogP contribution is -2.36. The van der Waals surface area contributed by atoms with Crippen LogP contribution in [0.1, 0.15) is 5.56 Å². The normalized spacial score (nSPS) is 10.6. The van der Waals surface area contributed by atoms with Gasteiger partial charge in [0.05, 0.1) is 0 Å². The summed E-state index contributed by atoms with van der Waals surface area (Å²) in [5, 5.41) is 4.50. The minimum atomic E-state index is -0.585. The van der Waals surface area contributed by atoms with Crippen molar-refractivity contribution >= 4 is 28.3 Å². The number of ether oxygens (including phenoxy) is 1. The molecular formula is C18H13ClN2O4. The SMILES string of the molecule is Cc1cc(Cl)ccc1OCC(=O)NN=c1c(=O)c2ccccc2c1=O. The molecule has 0 saturated carbocycles. The number of halogens is 1. The number of rotatable bonds is 4. The van der Waals surface area contributed by atoms with Gasteiger partial charge in [0.1, 0.15) is 5.75 Å². The molecule has 0 aromatic heterocycles. The molecule has 3 aromatic rings. The van der Waals surface area contributed by atoms with Crippen molar-refractivity contribution in [3.05, 3.63) is 78.9 Å². The highest BCUT2D eigenvalue weighted by molar-refractivity contribution is 6.30. The zero-order valence-corrected chi connectivity index (χ0v) is 14.0. The summed E-state index contributed by atoms with van der Waals surface area (Å²) in [7, 11) is 0. The van der Waals surface area contributed by atoms with E-state index in [4.69, 9.17) is 16.3 Å². The van der Waals surface area contributed by atoms with Crippen LogP contribution in [0.15, 0.2) is 57.2 Å². The zero-order chi connectivity index (χ0) is 18.0. The van der Waals surface area contributed by atoms with Gasteiger partial charge in [-0.1, -0.05) is 35.9 Å². The number of nitrogens with one attached hydrogen (secondary N) is 1. The molecule has 0 fully saturated rings. The molecule has 0 aliphatic rings. The molecule has 0 bridgehead atoms. The highest BCUT2D eigenvalue weighted by Gasteiger charge is 2.11. The van der Waals surface area contributed by atoms with Gasteiger partial charge in [-0.25, -0.2) is 5.43 Å². The van der Waals surface area contributed by atoms with Gasteiger partial charge in [0.25, 0.3) is 5.91 Å². The summed E-state index contributed by atoms with van der Waals surface area (Å²) in [4.78, 5) is 36.1. The average molecular weight is 357 g/mol. The molecule has 0 radical (unpaired) electrons. The Balaban J connectivity index is 1.75. The van der Waals surface area contributed by atoms with Gasteiger partial charge in [0.2, 0.25) is 10.9 Å². The minimum Gasteiger partial charge on any atom is -0.483 e. The third-order valence-corrected chi connectivity index (χ3v) is 3.87. The molecule has 1 N–H and O–H groups in total. The van der Waals surface area contributed by atoms with Gasteiger partial charge in [0.15, 0.2) is 12.0 Å². The Labute approximate surface area is 147 Å². The van der Waals surface area contributed by atoms with Crippen LogP contribution in [-0.4, -0.2) is 12.5 Å². The van der Waals surface area contributed by atoms with Crippen LogP contribution in [0.4, 0.5) is 0 Å². The molecule has 3 aromatic carbocycles. The lowest BCUT2D eigenvalue weighted by molar-refractivity contribution is -0.123. The van der Waals surface area contributed by atoms with E-state index in [0.717, 1.165) is 5.56 Å². The molecule has 0 spiro atoms. The fourth-order valence-corrected chi connectivity index (χ4v) is 2.63. The molecule has 126 valence electrons. The van der Waals surface area contributed by atoms with Crippen LogP contribution in [0, 0.1) is 6.92 Å². The molecule has 1 amide bonds. The third kappa shape index (κ3) is 3.44. The number of hydrogen-bond donors (Lipinski definition) is 1. The summed E-state index contributed by atoms with van der Waals surface area (Å²) in [5.41, 5.74) is 1.95. The Bertz CT molecular complexity index is 1060. The minimum absolute atomic E-state index is 0.286. The topological polar surface area (TPSA) is 84.8 Å². The van der Waals surface area contributed by atoms with Crippen molar-refractivity contribution in [2.24, 2.45) is 5.10 Å². The number of carbonyl (C=O) groups is 1. The molecule has 0 aliphatic carbocycles. The van der Waals surface area contributed by atoms with Crippen molar-refractivity contribution < 1.29 is 9.53 Å². The molecule has 7 heteroatoms. The summed E-state index contributed by atoms with van der Waals surface area (Å²) in [6.07, 6.45) is 0. The average Bonchev–Trinajstić information content (AvgIpc) is 2.84. The van der Waals surface area contributed by atoms with Crippen LogP contribution in [0.3, 0.4) is 0 Å². The number of nitrogens with zero attached hydrogens (tertiary/aromatic N) is 1. The first-order valence-electron chi connectivity index (χ1n) is 7.41. The van der Waals surface area contributed by atoms with Gasteiger partial charge in [-0.15, -0.1) is 0 Å². The standard InChI is InChI=1S/C18H13ClN2O4/c1-10-8-11(19)6-7-14(10)25-9-15(22)20-21-16-17(23)12-4-2-3-5-13(12)18(16)24/h2-8H,9H2,1H3,(H,20,22). The second-order valence-electron chi connectivity index (χ2n) is 5.40. The Morgan fingerprint density at radius 1 is 1.12 bits per heavy atom. The number of hydrogen-bond acceptors (Lipinski definition) is 5. The van der Waals surface area contributed by atoms with Crippen molar-refractivity contribution in [1.29, 1.82) is 0 Å². The van der Waals surface area contributed by atoms with Crippen molar-refractivity contribution in [3.8, 4) is 5.75 Å². The van der Waals surface area contributed by atoms with E-state index in [9.17, 15) is 14.4 Å². The van der Waals surface area contributed by atoms with E-state index in [1.165, 1.54) is 0 Å². The molecule has 0 aliphatic heterocycles. The Hall–Kier alpha value is -2.99. The summed E-state index contributed by atoms with van der Waals surface area (Å²) in [5.74, 6) is -0.0777. The van der Waals surface area contributed by atoms with Crippen molar-refractivity contribution in [1.82, 2.24) is 5.43 Å². The van der Waals surface area contributed by atoms with Gasteiger partial charge in [-0.05, 0) is 30.7 Å². The molecule has 6 nitrogen and oxygen atoms in total. The van der Waals surface area contributed by atoms with Crippen LogP contribution in [0.2, 0.25) is 5.02 Å². The first kappa shape index (κ1) is 16.9. The van der Waals surface area contributed by atoms with Crippen LogP contribution in [-0.2, 0) is 4.79 Å². The Kier molecular flexibility index (Phi) is 4.63. The van der Waals surface area contributed by atoms with Gasteiger partial charge in [0, 0.05) is 15.8 Å². The third-order valence-electron chi connectivity index (χ3n) is 3.63. The van der Waals surface area contributed by atoms with E-state index in [-0.39, 0.29) is 22.7 Å². The van der Waals surface area contributed by atoms with E-state index in [1.54, 1.807) is 49.4 Å². The highest BCUT2D eigenvalue weighted by Crippen LogP contribution is 2.21. The molecule has 0 heterocycles. The van der Waals surface area contributed by atoms with Crippen molar-refractivity contribution in [2.75, 3.05) is 6.61 Å². The second kappa shape index (κ2) is 6.86. The molecule has 0 unspecified atom stereocenters. The maximum atomic E-state index is 12.1. The van der Waals surface area contributed by atoms with E-state index in [0.29, 0.717) is 10.8 Å². The number of aryl methyl sites for hydroxylation is 1. The fraction of sp³-hybridized carbons (Fsp3) is 0.111. The largest absolute Gasteiger partial charge is 0.483 e. The monoisotopic (exact) mass is 356 g/mol. The summed E-state index contributed by atoms with van der Waals surface area (Å²) in [6, 6.07) is 11.4. The maximum Gasteiger partial charge on any atom is 0.277 e. The van der Waals surface area contributed by atoms with E-state index >= 15 is 0 Å². The van der Waals surface area contributed by atoms with Gasteiger partial charge >= 0.3 is 0 Å². The van der Waals surface area contributed by atoms with Gasteiger partial charge < -0.3 is 4.74 Å². The lowest BCUT2D eigenvalue weighted by atomic mass is 10.2. The predicted octanol–water partition coefficient (Wildman–Crippen LogP) is 1.41. The van der Waals surface area contributed by atoms with Crippen LogP contribution in [0.5, 0.6) is 5.75 Å². The Morgan fingerprint density at radius 2 is 1.76 bits per heavy atom.